The number of thiazole rings is 1. The molecule has 3 aliphatic rings. The van der Waals surface area contributed by atoms with Crippen molar-refractivity contribution in [3.63, 3.8) is 0 Å². The molecule has 7 rings (SSSR count). The molecule has 0 spiro atoms. The van der Waals surface area contributed by atoms with Gasteiger partial charge < -0.3 is 25.4 Å². The lowest BCUT2D eigenvalue weighted by molar-refractivity contribution is -0.144. The summed E-state index contributed by atoms with van der Waals surface area (Å²) in [4.78, 5) is 49.4. The van der Waals surface area contributed by atoms with Gasteiger partial charge in [0.25, 0.3) is 0 Å². The van der Waals surface area contributed by atoms with Crippen molar-refractivity contribution in [1.29, 1.82) is 0 Å². The average Bonchev–Trinajstić information content (AvgIpc) is 4.02. The maximum Gasteiger partial charge on any atom is 0.246 e. The van der Waals surface area contributed by atoms with Crippen LogP contribution in [0, 0.1) is 24.0 Å². The molecule has 1 aliphatic carbocycles. The molecule has 4 aromatic rings. The minimum atomic E-state index is -1.56. The van der Waals surface area contributed by atoms with Gasteiger partial charge in [-0.25, -0.2) is 18.2 Å². The van der Waals surface area contributed by atoms with Crippen LogP contribution >= 0.6 is 11.3 Å². The van der Waals surface area contributed by atoms with Crippen molar-refractivity contribution in [2.45, 2.75) is 168 Å². The summed E-state index contributed by atoms with van der Waals surface area (Å²) < 4.78 is 53.2. The average molecular weight is 984 g/mol. The standard InChI is InChI=1S/C56H72F3N5O5S/c1-35-26-43-42-19-16-15-18-39(42)27-44(43)50(64(35)33-56(6,7)59)49-45(57)29-41(30-46(49)58)69-25-17-13-11-9-8-10-12-14-20-48(66)62-52(55(3,4)5)54(68)63-32-40(65)28-47(63)53(67)60-31-37-21-23-38(24-22-37)51-36(2)61-34-70-51/h15-16,18-19,21-24,29-30,34-35,40,47,50,52,65H,8-14,17,20,25-28,31-33H2,1-7H3,(H,60,67)(H,62,66)/t35-,40-,47+,50+,52-/m1/s1. The Balaban J connectivity index is 0.804. The van der Waals surface area contributed by atoms with Crippen molar-refractivity contribution in [2.24, 2.45) is 5.41 Å². The quantitative estimate of drug-likeness (QED) is 0.0710. The molecule has 3 heterocycles. The Morgan fingerprint density at radius 2 is 1.59 bits per heavy atom. The number of halogens is 3. The number of alkyl halides is 1. The van der Waals surface area contributed by atoms with Gasteiger partial charge in [0.1, 0.15) is 35.1 Å². The maximum absolute atomic E-state index is 16.1. The molecule has 1 fully saturated rings. The lowest BCUT2D eigenvalue weighted by Gasteiger charge is -2.44. The van der Waals surface area contributed by atoms with E-state index in [0.29, 0.717) is 25.9 Å². The summed E-state index contributed by atoms with van der Waals surface area (Å²) in [5.74, 6) is -2.18. The molecule has 3 amide bonds. The third-order valence-corrected chi connectivity index (χ3v) is 15.0. The minimum Gasteiger partial charge on any atom is -0.493 e. The Bertz CT molecular complexity index is 2470. The van der Waals surface area contributed by atoms with Gasteiger partial charge in [0.05, 0.1) is 34.8 Å². The van der Waals surface area contributed by atoms with Crippen LogP contribution in [0.25, 0.3) is 16.0 Å². The molecule has 3 N–H and O–H groups in total. The number of hydrogen-bond donors (Lipinski definition) is 3. The number of fused-ring (bicyclic) bond motifs is 2. The van der Waals surface area contributed by atoms with Gasteiger partial charge >= 0.3 is 0 Å². The van der Waals surface area contributed by atoms with E-state index in [1.807, 2.05) is 81.4 Å². The molecule has 5 atom stereocenters. The summed E-state index contributed by atoms with van der Waals surface area (Å²) in [6, 6.07) is 16.0. The first-order chi connectivity index (χ1) is 33.3. The summed E-state index contributed by atoms with van der Waals surface area (Å²) in [6.07, 6.45) is 7.93. The summed E-state index contributed by atoms with van der Waals surface area (Å²) in [6.45, 7) is 13.3. The molecule has 2 aliphatic heterocycles. The first-order valence-corrected chi connectivity index (χ1v) is 26.1. The number of aromatic nitrogens is 1. The number of carbonyl (C=O) groups is 3. The summed E-state index contributed by atoms with van der Waals surface area (Å²) in [5, 5.41) is 16.5. The monoisotopic (exact) mass is 984 g/mol. The van der Waals surface area contributed by atoms with Crippen LogP contribution in [0.2, 0.25) is 0 Å². The Morgan fingerprint density at radius 1 is 0.929 bits per heavy atom. The second-order valence-electron chi connectivity index (χ2n) is 21.4. The van der Waals surface area contributed by atoms with Crippen LogP contribution in [0.3, 0.4) is 0 Å². The molecule has 70 heavy (non-hydrogen) atoms. The number of carbonyl (C=O) groups excluding carboxylic acids is 3. The number of nitrogens with one attached hydrogen (secondary N) is 2. The second-order valence-corrected chi connectivity index (χ2v) is 22.2. The number of amides is 3. The molecule has 14 heteroatoms. The topological polar surface area (TPSA) is 124 Å². The van der Waals surface area contributed by atoms with Crippen LogP contribution in [0.15, 0.2) is 71.7 Å². The molecule has 0 unspecified atom stereocenters. The second kappa shape index (κ2) is 23.0. The van der Waals surface area contributed by atoms with Crippen molar-refractivity contribution in [2.75, 3.05) is 19.7 Å². The Morgan fingerprint density at radius 3 is 2.23 bits per heavy atom. The Labute approximate surface area is 416 Å². The maximum atomic E-state index is 16.1. The number of ether oxygens (including phenoxy) is 1. The van der Waals surface area contributed by atoms with E-state index in [1.165, 1.54) is 30.9 Å². The highest BCUT2D eigenvalue weighted by molar-refractivity contribution is 7.13. The van der Waals surface area contributed by atoms with Crippen molar-refractivity contribution >= 4 is 34.6 Å². The predicted octanol–water partition coefficient (Wildman–Crippen LogP) is 11.0. The number of aliphatic hydroxyl groups is 1. The van der Waals surface area contributed by atoms with E-state index in [2.05, 4.69) is 27.8 Å². The molecule has 378 valence electrons. The third kappa shape index (κ3) is 13.1. The molecule has 0 radical (unpaired) electrons. The van der Waals surface area contributed by atoms with E-state index < -0.39 is 46.9 Å². The fourth-order valence-electron chi connectivity index (χ4n) is 10.4. The Hall–Kier alpha value is -5.05. The van der Waals surface area contributed by atoms with Gasteiger partial charge in [-0.2, -0.15) is 0 Å². The molecular weight excluding hydrogens is 912 g/mol. The van der Waals surface area contributed by atoms with E-state index in [9.17, 15) is 19.5 Å². The number of hydrogen-bond acceptors (Lipinski definition) is 8. The largest absolute Gasteiger partial charge is 0.493 e. The zero-order chi connectivity index (χ0) is 50.3. The van der Waals surface area contributed by atoms with Gasteiger partial charge in [-0.15, -0.1) is 11.3 Å². The number of aryl methyl sites for hydroxylation is 1. The van der Waals surface area contributed by atoms with Crippen LogP contribution < -0.4 is 15.4 Å². The lowest BCUT2D eigenvalue weighted by atomic mass is 9.84. The zero-order valence-corrected chi connectivity index (χ0v) is 42.8. The lowest BCUT2D eigenvalue weighted by Crippen LogP contribution is -2.57. The van der Waals surface area contributed by atoms with Crippen LogP contribution in [-0.2, 0) is 27.3 Å². The van der Waals surface area contributed by atoms with Gasteiger partial charge in [-0.1, -0.05) is 108 Å². The fraction of sp³-hybridized carbons (Fsp3) is 0.536. The number of β-amino-alcohol motifs (C(OH)–C–C–N with tert-alkyl or cyclic N) is 1. The van der Waals surface area contributed by atoms with Crippen LogP contribution in [0.5, 0.6) is 5.75 Å². The molecule has 3 aromatic carbocycles. The normalized spacial score (nSPS) is 19.8. The van der Waals surface area contributed by atoms with Gasteiger partial charge in [0.15, 0.2) is 0 Å². The number of aliphatic hydroxyl groups excluding tert-OH is 1. The first-order valence-electron chi connectivity index (χ1n) is 25.2. The predicted molar refractivity (Wildman–Crippen MR) is 271 cm³/mol. The van der Waals surface area contributed by atoms with Crippen LogP contribution in [0.1, 0.15) is 146 Å². The minimum absolute atomic E-state index is 0.0150. The number of rotatable bonds is 21. The van der Waals surface area contributed by atoms with Crippen molar-refractivity contribution in [3.8, 4) is 16.2 Å². The van der Waals surface area contributed by atoms with E-state index in [-0.39, 0.29) is 67.6 Å². The number of nitrogens with zero attached hydrogens (tertiary/aromatic N) is 3. The number of benzene rings is 3. The smallest absolute Gasteiger partial charge is 0.246 e. The highest BCUT2D eigenvalue weighted by Crippen LogP contribution is 2.50. The van der Waals surface area contributed by atoms with Crippen molar-refractivity contribution in [1.82, 2.24) is 25.4 Å². The van der Waals surface area contributed by atoms with Gasteiger partial charge in [-0.3, -0.25) is 19.3 Å². The fourth-order valence-corrected chi connectivity index (χ4v) is 11.2. The molecule has 0 saturated carbocycles. The highest BCUT2D eigenvalue weighted by atomic mass is 32.1. The highest BCUT2D eigenvalue weighted by Gasteiger charge is 2.45. The van der Waals surface area contributed by atoms with E-state index in [1.54, 1.807) is 11.3 Å². The van der Waals surface area contributed by atoms with E-state index >= 15 is 13.2 Å². The molecule has 1 aromatic heterocycles. The van der Waals surface area contributed by atoms with E-state index in [4.69, 9.17) is 4.74 Å². The summed E-state index contributed by atoms with van der Waals surface area (Å²) >= 11 is 1.58. The van der Waals surface area contributed by atoms with Crippen molar-refractivity contribution < 1.29 is 37.4 Å². The molecule has 10 nitrogen and oxygen atoms in total. The molecular formula is C56H72F3N5O5S. The van der Waals surface area contributed by atoms with E-state index in [0.717, 1.165) is 88.9 Å². The zero-order valence-electron chi connectivity index (χ0n) is 42.0. The third-order valence-electron chi connectivity index (χ3n) is 14.0. The summed E-state index contributed by atoms with van der Waals surface area (Å²) in [7, 11) is 0. The first kappa shape index (κ1) is 52.8. The Kier molecular flexibility index (Phi) is 17.3. The van der Waals surface area contributed by atoms with Crippen molar-refractivity contribution in [3.05, 3.63) is 111 Å². The number of unbranched alkanes of at least 4 members (excludes halogenated alkanes) is 7. The van der Waals surface area contributed by atoms with Gasteiger partial charge in [-0.05, 0) is 92.2 Å². The number of likely N-dealkylation sites (tertiary alicyclic amines) is 1. The van der Waals surface area contributed by atoms with Crippen LogP contribution in [-0.4, -0.2) is 87.2 Å². The van der Waals surface area contributed by atoms with Gasteiger partial charge in [0, 0.05) is 56.2 Å². The molecule has 1 saturated heterocycles. The SMILES string of the molecule is Cc1ncsc1-c1ccc(CNC(=O)[C@@H]2C[C@@H](O)CN2C(=O)[C@@H](NC(=O)CCCCCCCCCCOc2cc(F)c([C@@H]3C4=C(C[C@@H](C)N3CC(C)(C)F)c3ccccc3C4)c(F)c2)C(C)(C)C)cc1. The van der Waals surface area contributed by atoms with Gasteiger partial charge in [0.2, 0.25) is 17.7 Å². The summed E-state index contributed by atoms with van der Waals surface area (Å²) in [5.41, 5.74) is 6.79. The molecule has 0 bridgehead atoms. The van der Waals surface area contributed by atoms with Crippen LogP contribution in [0.4, 0.5) is 13.2 Å².